The summed E-state index contributed by atoms with van der Waals surface area (Å²) >= 11 is 0. The fourth-order valence-corrected chi connectivity index (χ4v) is 2.49. The zero-order valence-electron chi connectivity index (χ0n) is 9.57. The van der Waals surface area contributed by atoms with Gasteiger partial charge in [-0.15, -0.1) is 0 Å². The first kappa shape index (κ1) is 9.51. The molecule has 1 aliphatic rings. The number of nitrogens with two attached hydrogens (primary N) is 1. The summed E-state index contributed by atoms with van der Waals surface area (Å²) in [5.41, 5.74) is 7.52. The SMILES string of the molecule is CC1CC(C)n2nc3cc(N)ccc3c2N1. The standard InChI is InChI=1S/C12H16N4/c1-7-5-8(2)16-12(14-7)10-4-3-9(13)6-11(10)15-16/h3-4,6-8,14H,5,13H2,1-2H3. The van der Waals surface area contributed by atoms with Crippen LogP contribution in [0.2, 0.25) is 0 Å². The van der Waals surface area contributed by atoms with Crippen molar-refractivity contribution in [2.45, 2.75) is 32.4 Å². The third-order valence-corrected chi connectivity index (χ3v) is 3.22. The fourth-order valence-electron chi connectivity index (χ4n) is 2.49. The van der Waals surface area contributed by atoms with Gasteiger partial charge in [0.25, 0.3) is 0 Å². The minimum Gasteiger partial charge on any atom is -0.399 e. The molecule has 1 aliphatic heterocycles. The van der Waals surface area contributed by atoms with Crippen molar-refractivity contribution in [3.05, 3.63) is 18.2 Å². The Kier molecular flexibility index (Phi) is 1.87. The summed E-state index contributed by atoms with van der Waals surface area (Å²) < 4.78 is 2.07. The smallest absolute Gasteiger partial charge is 0.132 e. The predicted octanol–water partition coefficient (Wildman–Crippen LogP) is 2.38. The molecule has 2 atom stereocenters. The predicted molar refractivity (Wildman–Crippen MR) is 66.6 cm³/mol. The summed E-state index contributed by atoms with van der Waals surface area (Å²) in [6, 6.07) is 6.84. The van der Waals surface area contributed by atoms with Gasteiger partial charge < -0.3 is 11.1 Å². The van der Waals surface area contributed by atoms with Crippen molar-refractivity contribution in [2.75, 3.05) is 11.1 Å². The van der Waals surface area contributed by atoms with E-state index >= 15 is 0 Å². The first-order valence-electron chi connectivity index (χ1n) is 5.69. The molecule has 0 fully saturated rings. The summed E-state index contributed by atoms with van der Waals surface area (Å²) in [5, 5.41) is 9.26. The van der Waals surface area contributed by atoms with Crippen LogP contribution >= 0.6 is 0 Å². The third kappa shape index (κ3) is 1.26. The molecule has 0 bridgehead atoms. The fraction of sp³-hybridized carbons (Fsp3) is 0.417. The number of nitrogens with one attached hydrogen (secondary N) is 1. The normalized spacial score (nSPS) is 24.1. The first-order chi connectivity index (χ1) is 7.65. The van der Waals surface area contributed by atoms with E-state index < -0.39 is 0 Å². The molecule has 1 aromatic carbocycles. The molecule has 2 aromatic rings. The molecular weight excluding hydrogens is 200 g/mol. The molecule has 2 heterocycles. The number of rotatable bonds is 0. The molecule has 0 aliphatic carbocycles. The second-order valence-electron chi connectivity index (χ2n) is 4.70. The molecule has 3 rings (SSSR count). The Morgan fingerprint density at radius 2 is 2.25 bits per heavy atom. The van der Waals surface area contributed by atoms with Crippen molar-refractivity contribution in [3.63, 3.8) is 0 Å². The lowest BCUT2D eigenvalue weighted by Gasteiger charge is -2.28. The summed E-state index contributed by atoms with van der Waals surface area (Å²) in [6.07, 6.45) is 1.11. The van der Waals surface area contributed by atoms with E-state index in [1.807, 2.05) is 18.2 Å². The number of nitrogen functional groups attached to an aromatic ring is 1. The van der Waals surface area contributed by atoms with Crippen LogP contribution in [0.5, 0.6) is 0 Å². The topological polar surface area (TPSA) is 55.9 Å². The molecule has 2 unspecified atom stereocenters. The quantitative estimate of drug-likeness (QED) is 0.665. The summed E-state index contributed by atoms with van der Waals surface area (Å²) in [6.45, 7) is 4.41. The van der Waals surface area contributed by atoms with E-state index in [2.05, 4.69) is 28.9 Å². The zero-order valence-corrected chi connectivity index (χ0v) is 9.57. The van der Waals surface area contributed by atoms with Crippen LogP contribution < -0.4 is 11.1 Å². The van der Waals surface area contributed by atoms with Crippen molar-refractivity contribution in [2.24, 2.45) is 0 Å². The van der Waals surface area contributed by atoms with Crippen LogP contribution in [0.4, 0.5) is 11.5 Å². The van der Waals surface area contributed by atoms with Crippen molar-refractivity contribution >= 4 is 22.4 Å². The van der Waals surface area contributed by atoms with E-state index in [-0.39, 0.29) is 0 Å². The van der Waals surface area contributed by atoms with Gasteiger partial charge in [-0.25, -0.2) is 4.68 Å². The molecule has 4 nitrogen and oxygen atoms in total. The third-order valence-electron chi connectivity index (χ3n) is 3.22. The summed E-state index contributed by atoms with van der Waals surface area (Å²) in [7, 11) is 0. The first-order valence-corrected chi connectivity index (χ1v) is 5.69. The minimum absolute atomic E-state index is 0.444. The van der Waals surface area contributed by atoms with Crippen molar-refractivity contribution in [1.29, 1.82) is 0 Å². The Balaban J connectivity index is 2.26. The highest BCUT2D eigenvalue weighted by Crippen LogP contribution is 2.33. The second-order valence-corrected chi connectivity index (χ2v) is 4.70. The average molecular weight is 216 g/mol. The summed E-state index contributed by atoms with van der Waals surface area (Å²) in [4.78, 5) is 0. The van der Waals surface area contributed by atoms with Crippen molar-refractivity contribution in [1.82, 2.24) is 9.78 Å². The van der Waals surface area contributed by atoms with Crippen LogP contribution in [0.15, 0.2) is 18.2 Å². The number of hydrogen-bond donors (Lipinski definition) is 2. The average Bonchev–Trinajstić information content (AvgIpc) is 2.56. The Labute approximate surface area is 94.4 Å². The minimum atomic E-state index is 0.444. The van der Waals surface area contributed by atoms with Crippen molar-refractivity contribution in [3.8, 4) is 0 Å². The monoisotopic (exact) mass is 216 g/mol. The highest BCUT2D eigenvalue weighted by Gasteiger charge is 2.23. The molecule has 84 valence electrons. The van der Waals surface area contributed by atoms with Crippen LogP contribution in [0.1, 0.15) is 26.3 Å². The Hall–Kier alpha value is -1.71. The van der Waals surface area contributed by atoms with Gasteiger partial charge in [0.15, 0.2) is 0 Å². The molecular formula is C12H16N4. The number of aromatic nitrogens is 2. The maximum absolute atomic E-state index is 5.77. The lowest BCUT2D eigenvalue weighted by Crippen LogP contribution is -2.28. The lowest BCUT2D eigenvalue weighted by molar-refractivity contribution is 0.417. The van der Waals surface area contributed by atoms with Crippen LogP contribution in [0.25, 0.3) is 10.9 Å². The van der Waals surface area contributed by atoms with E-state index in [1.165, 1.54) is 0 Å². The molecule has 0 saturated heterocycles. The molecule has 0 radical (unpaired) electrons. The van der Waals surface area contributed by atoms with E-state index in [0.29, 0.717) is 12.1 Å². The summed E-state index contributed by atoms with van der Waals surface area (Å²) in [5.74, 6) is 1.13. The highest BCUT2D eigenvalue weighted by atomic mass is 15.4. The van der Waals surface area contributed by atoms with Gasteiger partial charge in [0, 0.05) is 17.1 Å². The van der Waals surface area contributed by atoms with Crippen LogP contribution in [0.3, 0.4) is 0 Å². The molecule has 0 amide bonds. The number of fused-ring (bicyclic) bond motifs is 3. The van der Waals surface area contributed by atoms with Gasteiger partial charge in [0.2, 0.25) is 0 Å². The zero-order chi connectivity index (χ0) is 11.3. The molecule has 1 aromatic heterocycles. The molecule has 4 heteroatoms. The largest absolute Gasteiger partial charge is 0.399 e. The van der Waals surface area contributed by atoms with Gasteiger partial charge >= 0.3 is 0 Å². The number of anilines is 2. The van der Waals surface area contributed by atoms with E-state index in [0.717, 1.165) is 28.8 Å². The van der Waals surface area contributed by atoms with Crippen molar-refractivity contribution < 1.29 is 0 Å². The lowest BCUT2D eigenvalue weighted by atomic mass is 10.1. The van der Waals surface area contributed by atoms with E-state index in [4.69, 9.17) is 5.73 Å². The van der Waals surface area contributed by atoms with Crippen LogP contribution in [-0.4, -0.2) is 15.8 Å². The second kappa shape index (κ2) is 3.14. The molecule has 16 heavy (non-hydrogen) atoms. The number of hydrogen-bond acceptors (Lipinski definition) is 3. The van der Waals surface area contributed by atoms with E-state index in [9.17, 15) is 0 Å². The Morgan fingerprint density at radius 1 is 1.44 bits per heavy atom. The van der Waals surface area contributed by atoms with Gasteiger partial charge in [-0.05, 0) is 38.5 Å². The number of nitrogens with zero attached hydrogens (tertiary/aromatic N) is 2. The number of benzene rings is 1. The Bertz CT molecular complexity index is 543. The van der Waals surface area contributed by atoms with E-state index in [1.54, 1.807) is 0 Å². The molecule has 0 saturated carbocycles. The maximum Gasteiger partial charge on any atom is 0.132 e. The van der Waals surface area contributed by atoms with Gasteiger partial charge in [-0.3, -0.25) is 0 Å². The molecule has 3 N–H and O–H groups in total. The van der Waals surface area contributed by atoms with Gasteiger partial charge in [0.1, 0.15) is 5.82 Å². The molecule has 0 spiro atoms. The maximum atomic E-state index is 5.77. The van der Waals surface area contributed by atoms with Gasteiger partial charge in [0.05, 0.1) is 11.6 Å². The Morgan fingerprint density at radius 3 is 3.06 bits per heavy atom. The van der Waals surface area contributed by atoms with Gasteiger partial charge in [-0.2, -0.15) is 5.10 Å². The van der Waals surface area contributed by atoms with Gasteiger partial charge in [-0.1, -0.05) is 0 Å². The van der Waals surface area contributed by atoms with Crippen LogP contribution in [0, 0.1) is 0 Å². The van der Waals surface area contributed by atoms with Crippen LogP contribution in [-0.2, 0) is 0 Å². The highest BCUT2D eigenvalue weighted by molar-refractivity contribution is 5.92.